The Morgan fingerprint density at radius 3 is 2.57 bits per heavy atom. The van der Waals surface area contributed by atoms with E-state index < -0.39 is 5.60 Å². The van der Waals surface area contributed by atoms with Crippen molar-refractivity contribution in [2.24, 2.45) is 5.92 Å². The zero-order chi connectivity index (χ0) is 15.6. The van der Waals surface area contributed by atoms with Crippen LogP contribution in [-0.2, 0) is 11.2 Å². The fourth-order valence-corrected chi connectivity index (χ4v) is 3.71. The van der Waals surface area contributed by atoms with Crippen molar-refractivity contribution >= 4 is 28.6 Å². The van der Waals surface area contributed by atoms with E-state index in [0.717, 1.165) is 21.3 Å². The highest BCUT2D eigenvalue weighted by molar-refractivity contribution is 7.20. The number of hydrogen-bond acceptors (Lipinski definition) is 6. The summed E-state index contributed by atoms with van der Waals surface area (Å²) in [5.74, 6) is 0.105. The van der Waals surface area contributed by atoms with Crippen molar-refractivity contribution in [3.63, 3.8) is 0 Å². The van der Waals surface area contributed by atoms with Crippen molar-refractivity contribution < 1.29 is 9.53 Å². The minimum absolute atomic E-state index is 0.350. The van der Waals surface area contributed by atoms with E-state index in [0.29, 0.717) is 11.6 Å². The molecule has 0 unspecified atom stereocenters. The summed E-state index contributed by atoms with van der Waals surface area (Å²) in [6, 6.07) is 0. The van der Waals surface area contributed by atoms with Crippen LogP contribution in [0.2, 0.25) is 0 Å². The molecule has 0 amide bonds. The molecule has 21 heavy (non-hydrogen) atoms. The maximum absolute atomic E-state index is 12.4. The van der Waals surface area contributed by atoms with Gasteiger partial charge in [0.05, 0.1) is 0 Å². The van der Waals surface area contributed by atoms with E-state index in [9.17, 15) is 4.79 Å². The summed E-state index contributed by atoms with van der Waals surface area (Å²) in [7, 11) is 0. The number of carbonyl (C=O) groups is 1. The van der Waals surface area contributed by atoms with Crippen molar-refractivity contribution in [3.05, 3.63) is 22.1 Å². The maximum atomic E-state index is 12.4. The molecule has 0 spiro atoms. The van der Waals surface area contributed by atoms with Gasteiger partial charge in [-0.2, -0.15) is 0 Å². The Morgan fingerprint density at radius 1 is 1.33 bits per heavy atom. The largest absolute Gasteiger partial charge is 0.455 e. The summed E-state index contributed by atoms with van der Waals surface area (Å²) in [5, 5.41) is 3.55. The van der Waals surface area contributed by atoms with Crippen LogP contribution in [0.3, 0.4) is 0 Å². The standard InChI is InChI=1S/C15H20N2O2S2/c1-9(2)8-10-11(14(18)19-15(3,4)5)17-13(21-10)12-16-6-7-20-12/h6-7,9H,8H2,1-5H3. The number of nitrogens with zero attached hydrogens (tertiary/aromatic N) is 2. The third kappa shape index (κ3) is 4.35. The zero-order valence-electron chi connectivity index (χ0n) is 13.0. The molecule has 2 aromatic heterocycles. The van der Waals surface area contributed by atoms with Crippen molar-refractivity contribution in [2.45, 2.75) is 46.6 Å². The Bertz CT molecular complexity index is 610. The summed E-state index contributed by atoms with van der Waals surface area (Å²) >= 11 is 3.06. The monoisotopic (exact) mass is 324 g/mol. The summed E-state index contributed by atoms with van der Waals surface area (Å²) in [5.41, 5.74) is -0.0780. The van der Waals surface area contributed by atoms with E-state index in [4.69, 9.17) is 4.74 Å². The lowest BCUT2D eigenvalue weighted by atomic mass is 10.1. The highest BCUT2D eigenvalue weighted by Gasteiger charge is 2.25. The van der Waals surface area contributed by atoms with Crippen molar-refractivity contribution in [1.29, 1.82) is 0 Å². The first-order valence-corrected chi connectivity index (χ1v) is 8.59. The van der Waals surface area contributed by atoms with Gasteiger partial charge in [-0.1, -0.05) is 13.8 Å². The number of thiazole rings is 2. The first-order valence-electron chi connectivity index (χ1n) is 6.89. The van der Waals surface area contributed by atoms with Gasteiger partial charge in [-0.3, -0.25) is 0 Å². The number of ether oxygens (including phenoxy) is 1. The molecule has 0 aliphatic rings. The average molecular weight is 324 g/mol. The molecule has 0 aliphatic carbocycles. The van der Waals surface area contributed by atoms with Crippen LogP contribution in [0, 0.1) is 5.92 Å². The van der Waals surface area contributed by atoms with Crippen LogP contribution in [0.25, 0.3) is 10.0 Å². The second-order valence-electron chi connectivity index (χ2n) is 6.23. The molecule has 0 aliphatic heterocycles. The van der Waals surface area contributed by atoms with E-state index in [1.165, 1.54) is 22.7 Å². The highest BCUT2D eigenvalue weighted by atomic mass is 32.1. The van der Waals surface area contributed by atoms with E-state index >= 15 is 0 Å². The minimum atomic E-state index is -0.517. The van der Waals surface area contributed by atoms with Gasteiger partial charge in [0.15, 0.2) is 15.7 Å². The van der Waals surface area contributed by atoms with Crippen molar-refractivity contribution in [2.75, 3.05) is 0 Å². The van der Waals surface area contributed by atoms with E-state index in [-0.39, 0.29) is 5.97 Å². The van der Waals surface area contributed by atoms with Gasteiger partial charge in [0.25, 0.3) is 0 Å². The SMILES string of the molecule is CC(C)Cc1sc(-c2nccs2)nc1C(=O)OC(C)(C)C. The van der Waals surface area contributed by atoms with Crippen LogP contribution in [0.15, 0.2) is 11.6 Å². The van der Waals surface area contributed by atoms with Crippen LogP contribution in [-0.4, -0.2) is 21.5 Å². The molecular weight excluding hydrogens is 304 g/mol. The predicted molar refractivity (Wildman–Crippen MR) is 86.9 cm³/mol. The van der Waals surface area contributed by atoms with Crippen LogP contribution in [0.4, 0.5) is 0 Å². The molecule has 0 saturated carbocycles. The Balaban J connectivity index is 2.36. The summed E-state index contributed by atoms with van der Waals surface area (Å²) in [6.07, 6.45) is 2.56. The lowest BCUT2D eigenvalue weighted by molar-refractivity contribution is 0.00626. The molecule has 0 atom stereocenters. The van der Waals surface area contributed by atoms with E-state index in [1.807, 2.05) is 26.2 Å². The number of aromatic nitrogens is 2. The van der Waals surface area contributed by atoms with Gasteiger partial charge in [-0.25, -0.2) is 14.8 Å². The normalized spacial score (nSPS) is 11.9. The quantitative estimate of drug-likeness (QED) is 0.781. The minimum Gasteiger partial charge on any atom is -0.455 e. The molecule has 6 heteroatoms. The van der Waals surface area contributed by atoms with Gasteiger partial charge in [-0.15, -0.1) is 22.7 Å². The van der Waals surface area contributed by atoms with Crippen LogP contribution >= 0.6 is 22.7 Å². The van der Waals surface area contributed by atoms with E-state index in [1.54, 1.807) is 6.20 Å². The van der Waals surface area contributed by atoms with Crippen molar-refractivity contribution in [1.82, 2.24) is 9.97 Å². The van der Waals surface area contributed by atoms with Crippen molar-refractivity contribution in [3.8, 4) is 10.0 Å². The molecule has 0 aromatic carbocycles. The molecule has 2 rings (SSSR count). The average Bonchev–Trinajstić information content (AvgIpc) is 2.93. The summed E-state index contributed by atoms with van der Waals surface area (Å²) < 4.78 is 5.46. The van der Waals surface area contributed by atoms with Gasteiger partial charge >= 0.3 is 5.97 Å². The second-order valence-corrected chi connectivity index (χ2v) is 8.21. The second kappa shape index (κ2) is 6.23. The van der Waals surface area contributed by atoms with Gasteiger partial charge in [0.2, 0.25) is 0 Å². The van der Waals surface area contributed by atoms with Gasteiger partial charge in [-0.05, 0) is 33.1 Å². The Hall–Kier alpha value is -1.27. The lowest BCUT2D eigenvalue weighted by Crippen LogP contribution is -2.24. The molecule has 2 heterocycles. The van der Waals surface area contributed by atoms with Gasteiger partial charge in [0.1, 0.15) is 5.60 Å². The molecule has 0 saturated heterocycles. The molecular formula is C15H20N2O2S2. The number of carbonyl (C=O) groups excluding carboxylic acids is 1. The zero-order valence-corrected chi connectivity index (χ0v) is 14.6. The number of hydrogen-bond donors (Lipinski definition) is 0. The topological polar surface area (TPSA) is 52.1 Å². The predicted octanol–water partition coefficient (Wildman–Crippen LogP) is 4.42. The Kier molecular flexibility index (Phi) is 4.78. The molecule has 2 aromatic rings. The Morgan fingerprint density at radius 2 is 2.05 bits per heavy atom. The molecule has 0 fully saturated rings. The molecule has 114 valence electrons. The van der Waals surface area contributed by atoms with Crippen LogP contribution in [0.5, 0.6) is 0 Å². The molecule has 0 radical (unpaired) electrons. The molecule has 0 N–H and O–H groups in total. The smallest absolute Gasteiger partial charge is 0.358 e. The first kappa shape index (κ1) is 16.1. The fourth-order valence-electron chi connectivity index (χ4n) is 1.77. The summed E-state index contributed by atoms with van der Waals surface area (Å²) in [4.78, 5) is 22.1. The first-order chi connectivity index (χ1) is 9.76. The van der Waals surface area contributed by atoms with Crippen LogP contribution in [0.1, 0.15) is 50.0 Å². The third-order valence-electron chi connectivity index (χ3n) is 2.50. The highest BCUT2D eigenvalue weighted by Crippen LogP contribution is 2.31. The molecule has 4 nitrogen and oxygen atoms in total. The maximum Gasteiger partial charge on any atom is 0.358 e. The fraction of sp³-hybridized carbons (Fsp3) is 0.533. The number of rotatable bonds is 4. The third-order valence-corrected chi connectivity index (χ3v) is 4.49. The Labute approximate surface area is 133 Å². The van der Waals surface area contributed by atoms with E-state index in [2.05, 4.69) is 23.8 Å². The lowest BCUT2D eigenvalue weighted by Gasteiger charge is -2.19. The summed E-state index contributed by atoms with van der Waals surface area (Å²) in [6.45, 7) is 9.84. The van der Waals surface area contributed by atoms with Gasteiger partial charge < -0.3 is 4.74 Å². The van der Waals surface area contributed by atoms with Gasteiger partial charge in [0, 0.05) is 16.5 Å². The van der Waals surface area contributed by atoms with Crippen LogP contribution < -0.4 is 0 Å². The number of esters is 1. The molecule has 0 bridgehead atoms.